The van der Waals surface area contributed by atoms with Crippen LogP contribution in [0.25, 0.3) is 0 Å². The number of hydrogen-bond acceptors (Lipinski definition) is 2. The molecule has 0 N–H and O–H groups in total. The number of nitrogens with zero attached hydrogens (tertiary/aromatic N) is 1. The Bertz CT molecular complexity index is 341. The third-order valence-corrected chi connectivity index (χ3v) is 2.35. The van der Waals surface area contributed by atoms with Gasteiger partial charge in [-0.25, -0.2) is 4.21 Å². The van der Waals surface area contributed by atoms with Crippen molar-refractivity contribution in [3.05, 3.63) is 24.0 Å². The molecule has 0 radical (unpaired) electrons. The molecule has 1 rings (SSSR count). The van der Waals surface area contributed by atoms with Gasteiger partial charge < -0.3 is 0 Å². The third kappa shape index (κ3) is 2.67. The van der Waals surface area contributed by atoms with Gasteiger partial charge >= 0.3 is 6.18 Å². The topological polar surface area (TPSA) is 30.0 Å². The Labute approximate surface area is 78.7 Å². The molecule has 0 fully saturated rings. The molecule has 0 amide bonds. The lowest BCUT2D eigenvalue weighted by molar-refractivity contribution is -0.138. The smallest absolute Gasteiger partial charge is 0.263 e. The van der Waals surface area contributed by atoms with E-state index in [-0.39, 0.29) is 4.90 Å². The summed E-state index contributed by atoms with van der Waals surface area (Å²) in [7, 11) is 3.13. The van der Waals surface area contributed by atoms with E-state index in [2.05, 4.69) is 4.98 Å². The maximum absolute atomic E-state index is 12.0. The van der Waals surface area contributed by atoms with Gasteiger partial charge in [0, 0.05) is 12.4 Å². The lowest BCUT2D eigenvalue weighted by Crippen LogP contribution is -2.05. The number of alkyl halides is 3. The Balaban J connectivity index is 3.13. The van der Waals surface area contributed by atoms with Gasteiger partial charge in [0.25, 0.3) is 0 Å². The summed E-state index contributed by atoms with van der Waals surface area (Å²) < 4.78 is 46.7. The monoisotopic (exact) mass is 229 g/mol. The van der Waals surface area contributed by atoms with E-state index >= 15 is 0 Å². The van der Waals surface area contributed by atoms with Crippen molar-refractivity contribution in [2.45, 2.75) is 11.1 Å². The normalized spacial score (nSPS) is 14.2. The molecule has 2 nitrogen and oxygen atoms in total. The molecule has 0 aliphatic carbocycles. The molecule has 1 aromatic rings. The summed E-state index contributed by atoms with van der Waals surface area (Å²) in [6.45, 7) is 0. The van der Waals surface area contributed by atoms with Crippen LogP contribution in [0.3, 0.4) is 0 Å². The van der Waals surface area contributed by atoms with Crippen molar-refractivity contribution in [3.63, 3.8) is 0 Å². The van der Waals surface area contributed by atoms with Crippen molar-refractivity contribution < 1.29 is 17.4 Å². The Morgan fingerprint density at radius 2 is 2.00 bits per heavy atom. The zero-order valence-corrected chi connectivity index (χ0v) is 7.58. The molecule has 7 heteroatoms. The molecule has 1 heterocycles. The van der Waals surface area contributed by atoms with Crippen molar-refractivity contribution >= 4 is 20.7 Å². The molecule has 72 valence electrons. The van der Waals surface area contributed by atoms with Crippen LogP contribution >= 0.6 is 10.7 Å². The summed E-state index contributed by atoms with van der Waals surface area (Å²) in [5.41, 5.74) is -0.959. The Kier molecular flexibility index (Phi) is 2.92. The fourth-order valence-corrected chi connectivity index (χ4v) is 1.28. The van der Waals surface area contributed by atoms with Crippen LogP contribution in [0.1, 0.15) is 5.56 Å². The lowest BCUT2D eigenvalue weighted by atomic mass is 10.3. The highest BCUT2D eigenvalue weighted by Gasteiger charge is 2.31. The molecule has 0 saturated heterocycles. The zero-order chi connectivity index (χ0) is 10.1. The van der Waals surface area contributed by atoms with Crippen LogP contribution in [-0.2, 0) is 16.2 Å². The van der Waals surface area contributed by atoms with Crippen LogP contribution in [0.15, 0.2) is 23.4 Å². The molecule has 0 aliphatic heterocycles. The second-order valence-corrected chi connectivity index (χ2v) is 3.89. The molecular formula is C6H3ClF3NOS. The predicted molar refractivity (Wildman–Crippen MR) is 41.5 cm³/mol. The van der Waals surface area contributed by atoms with E-state index in [0.29, 0.717) is 12.3 Å². The minimum Gasteiger partial charge on any atom is -0.263 e. The van der Waals surface area contributed by atoms with Crippen LogP contribution in [0.5, 0.6) is 0 Å². The summed E-state index contributed by atoms with van der Waals surface area (Å²) in [5.74, 6) is 0. The quantitative estimate of drug-likeness (QED) is 0.692. The van der Waals surface area contributed by atoms with E-state index in [1.54, 1.807) is 0 Å². The molecule has 1 aromatic heterocycles. The van der Waals surface area contributed by atoms with Crippen molar-refractivity contribution in [3.8, 4) is 0 Å². The van der Waals surface area contributed by atoms with Gasteiger partial charge in [-0.15, -0.1) is 0 Å². The molecule has 0 spiro atoms. The van der Waals surface area contributed by atoms with Crippen LogP contribution in [0.4, 0.5) is 13.2 Å². The average Bonchev–Trinajstić information content (AvgIpc) is 2.03. The van der Waals surface area contributed by atoms with Gasteiger partial charge in [-0.3, -0.25) is 4.98 Å². The van der Waals surface area contributed by atoms with Crippen LogP contribution in [-0.4, -0.2) is 9.19 Å². The first-order valence-corrected chi connectivity index (χ1v) is 4.99. The first-order chi connectivity index (χ1) is 5.91. The highest BCUT2D eigenvalue weighted by atomic mass is 35.7. The van der Waals surface area contributed by atoms with Gasteiger partial charge in [0.2, 0.25) is 0 Å². The zero-order valence-electron chi connectivity index (χ0n) is 6.01. The minimum absolute atomic E-state index is 0.156. The van der Waals surface area contributed by atoms with Crippen LogP contribution < -0.4 is 0 Å². The molecule has 1 atom stereocenters. The number of rotatable bonds is 1. The molecule has 0 saturated carbocycles. The van der Waals surface area contributed by atoms with E-state index in [1.165, 1.54) is 0 Å². The average molecular weight is 230 g/mol. The highest BCUT2D eigenvalue weighted by molar-refractivity contribution is 8.08. The fraction of sp³-hybridized carbons (Fsp3) is 0.167. The summed E-state index contributed by atoms with van der Waals surface area (Å²) in [5, 5.41) is 0. The van der Waals surface area contributed by atoms with Gasteiger partial charge in [-0.05, 0) is 16.7 Å². The molecule has 1 unspecified atom stereocenters. The summed E-state index contributed by atoms with van der Waals surface area (Å²) in [4.78, 5) is 3.12. The molecule has 13 heavy (non-hydrogen) atoms. The van der Waals surface area contributed by atoms with Crippen molar-refractivity contribution in [2.24, 2.45) is 0 Å². The van der Waals surface area contributed by atoms with Crippen LogP contribution in [0.2, 0.25) is 0 Å². The summed E-state index contributed by atoms with van der Waals surface area (Å²) >= 11 is 0. The number of halogens is 4. The molecule has 0 aliphatic rings. The third-order valence-electron chi connectivity index (χ3n) is 1.23. The largest absolute Gasteiger partial charge is 0.417 e. The summed E-state index contributed by atoms with van der Waals surface area (Å²) in [6, 6.07) is 0.704. The maximum atomic E-state index is 12.0. The number of hydrogen-bond donors (Lipinski definition) is 0. The van der Waals surface area contributed by atoms with Crippen molar-refractivity contribution in [1.29, 1.82) is 0 Å². The molecular weight excluding hydrogens is 227 g/mol. The number of aromatic nitrogens is 1. The molecule has 0 aromatic carbocycles. The van der Waals surface area contributed by atoms with Gasteiger partial charge in [-0.1, -0.05) is 0 Å². The Hall–Kier alpha value is -0.620. The van der Waals surface area contributed by atoms with E-state index in [4.69, 9.17) is 10.7 Å². The Morgan fingerprint density at radius 1 is 1.38 bits per heavy atom. The number of pyridine rings is 1. The molecule has 0 bridgehead atoms. The van der Waals surface area contributed by atoms with Gasteiger partial charge in [-0.2, -0.15) is 13.2 Å². The predicted octanol–water partition coefficient (Wildman–Crippen LogP) is 2.36. The maximum Gasteiger partial charge on any atom is 0.417 e. The second kappa shape index (κ2) is 3.63. The second-order valence-electron chi connectivity index (χ2n) is 2.13. The van der Waals surface area contributed by atoms with Gasteiger partial charge in [0.1, 0.15) is 10.0 Å². The lowest BCUT2D eigenvalue weighted by Gasteiger charge is -2.05. The first-order valence-electron chi connectivity index (χ1n) is 3.01. The fourth-order valence-electron chi connectivity index (χ4n) is 0.662. The van der Waals surface area contributed by atoms with Crippen molar-refractivity contribution in [1.82, 2.24) is 4.98 Å². The van der Waals surface area contributed by atoms with Crippen LogP contribution in [0, 0.1) is 0 Å². The standard InChI is InChI=1S/C6H3ClF3NOS/c7-13(12)5-1-4(2-11-3-5)6(8,9)10/h1-3H. The SMILES string of the molecule is O=S(Cl)c1cncc(C(F)(F)F)c1. The van der Waals surface area contributed by atoms with E-state index in [1.807, 2.05) is 0 Å². The summed E-state index contributed by atoms with van der Waals surface area (Å²) in [6.07, 6.45) is -2.81. The van der Waals surface area contributed by atoms with Crippen molar-refractivity contribution in [2.75, 3.05) is 0 Å². The Morgan fingerprint density at radius 3 is 2.46 bits per heavy atom. The van der Waals surface area contributed by atoms with Gasteiger partial charge in [0.15, 0.2) is 0 Å². The highest BCUT2D eigenvalue weighted by Crippen LogP contribution is 2.29. The van der Waals surface area contributed by atoms with E-state index in [0.717, 1.165) is 6.20 Å². The van der Waals surface area contributed by atoms with E-state index < -0.39 is 21.8 Å². The minimum atomic E-state index is -4.49. The first kappa shape index (κ1) is 10.5. The van der Waals surface area contributed by atoms with E-state index in [9.17, 15) is 17.4 Å². The van der Waals surface area contributed by atoms with Gasteiger partial charge in [0.05, 0.1) is 10.5 Å².